The second-order valence-corrected chi connectivity index (χ2v) is 6.25. The van der Waals surface area contributed by atoms with Crippen LogP contribution < -0.4 is 11.1 Å². The summed E-state index contributed by atoms with van der Waals surface area (Å²) < 4.78 is 5.95. The fourth-order valence-corrected chi connectivity index (χ4v) is 2.94. The lowest BCUT2D eigenvalue weighted by Gasteiger charge is -2.13. The summed E-state index contributed by atoms with van der Waals surface area (Å²) in [4.78, 5) is 24.6. The van der Waals surface area contributed by atoms with Crippen LogP contribution in [-0.4, -0.2) is 21.7 Å². The second-order valence-electron chi connectivity index (χ2n) is 5.30. The predicted molar refractivity (Wildman–Crippen MR) is 85.8 cm³/mol. The lowest BCUT2D eigenvalue weighted by atomic mass is 10.1. The zero-order valence-electron chi connectivity index (χ0n) is 12.9. The van der Waals surface area contributed by atoms with E-state index >= 15 is 0 Å². The molecule has 0 aliphatic carbocycles. The van der Waals surface area contributed by atoms with Crippen molar-refractivity contribution >= 4 is 17.2 Å². The van der Waals surface area contributed by atoms with Crippen LogP contribution in [0, 0.1) is 0 Å². The molecule has 0 aliphatic heterocycles. The number of rotatable bonds is 8. The van der Waals surface area contributed by atoms with E-state index in [4.69, 9.17) is 0 Å². The maximum absolute atomic E-state index is 12.1. The third-order valence-electron chi connectivity index (χ3n) is 3.38. The van der Waals surface area contributed by atoms with E-state index in [-0.39, 0.29) is 18.5 Å². The van der Waals surface area contributed by atoms with E-state index in [0.717, 1.165) is 30.6 Å². The van der Waals surface area contributed by atoms with Crippen LogP contribution in [0.4, 0.5) is 0 Å². The number of thiophene rings is 1. The fraction of sp³-hybridized carbons (Fsp3) is 0.533. The van der Waals surface area contributed by atoms with Crippen molar-refractivity contribution in [3.8, 4) is 10.7 Å². The zero-order valence-corrected chi connectivity index (χ0v) is 13.7. The summed E-state index contributed by atoms with van der Waals surface area (Å²) in [6, 6.07) is 3.79. The van der Waals surface area contributed by atoms with Crippen molar-refractivity contribution in [1.82, 2.24) is 15.0 Å². The Balaban J connectivity index is 1.97. The normalized spacial score (nSPS) is 12.3. The minimum Gasteiger partial charge on any atom is -0.352 e. The first kappa shape index (κ1) is 16.5. The third-order valence-corrected chi connectivity index (χ3v) is 4.24. The largest absolute Gasteiger partial charge is 0.442 e. The second kappa shape index (κ2) is 7.93. The molecule has 120 valence electrons. The van der Waals surface area contributed by atoms with Gasteiger partial charge in [0, 0.05) is 6.04 Å². The number of unbranched alkanes of at least 4 members (excludes halogenated alkanes) is 2. The van der Waals surface area contributed by atoms with E-state index in [1.807, 2.05) is 24.4 Å². The summed E-state index contributed by atoms with van der Waals surface area (Å²) in [6.07, 6.45) is 4.34. The van der Waals surface area contributed by atoms with Gasteiger partial charge in [-0.3, -0.25) is 9.32 Å². The minimum atomic E-state index is -0.614. The summed E-state index contributed by atoms with van der Waals surface area (Å²) in [5, 5.41) is 8.55. The van der Waals surface area contributed by atoms with Gasteiger partial charge in [0.25, 0.3) is 0 Å². The maximum Gasteiger partial charge on any atom is 0.442 e. The van der Waals surface area contributed by atoms with Crippen molar-refractivity contribution < 1.29 is 9.32 Å². The highest BCUT2D eigenvalue weighted by molar-refractivity contribution is 7.13. The highest BCUT2D eigenvalue weighted by atomic mass is 32.1. The van der Waals surface area contributed by atoms with Crippen molar-refractivity contribution in [2.75, 3.05) is 0 Å². The molecule has 0 fully saturated rings. The van der Waals surface area contributed by atoms with Crippen molar-refractivity contribution in [3.63, 3.8) is 0 Å². The van der Waals surface area contributed by atoms with Crippen molar-refractivity contribution in [2.45, 2.75) is 52.1 Å². The molecule has 0 radical (unpaired) electrons. The molecule has 2 heterocycles. The molecule has 6 nitrogen and oxygen atoms in total. The van der Waals surface area contributed by atoms with Crippen LogP contribution in [0.25, 0.3) is 10.7 Å². The molecule has 0 saturated carbocycles. The highest BCUT2D eigenvalue weighted by Crippen LogP contribution is 2.21. The van der Waals surface area contributed by atoms with Gasteiger partial charge in [-0.25, -0.2) is 9.36 Å². The Morgan fingerprint density at radius 2 is 2.32 bits per heavy atom. The quantitative estimate of drug-likeness (QED) is 0.758. The number of hydrogen-bond acceptors (Lipinski definition) is 5. The van der Waals surface area contributed by atoms with Gasteiger partial charge >= 0.3 is 5.76 Å². The topological polar surface area (TPSA) is 77.1 Å². The van der Waals surface area contributed by atoms with Gasteiger partial charge in [0.15, 0.2) is 5.82 Å². The van der Waals surface area contributed by atoms with Crippen LogP contribution in [0.1, 0.15) is 39.5 Å². The van der Waals surface area contributed by atoms with Crippen LogP contribution in [0.3, 0.4) is 0 Å². The smallest absolute Gasteiger partial charge is 0.352 e. The molecule has 0 spiro atoms. The van der Waals surface area contributed by atoms with E-state index in [1.54, 1.807) is 0 Å². The number of carbonyl (C=O) groups excluding carboxylic acids is 1. The summed E-state index contributed by atoms with van der Waals surface area (Å²) in [5.74, 6) is -0.418. The number of hydrogen-bond donors (Lipinski definition) is 1. The summed E-state index contributed by atoms with van der Waals surface area (Å²) in [7, 11) is 0. The van der Waals surface area contributed by atoms with Crippen LogP contribution >= 0.6 is 11.3 Å². The van der Waals surface area contributed by atoms with Gasteiger partial charge in [0.2, 0.25) is 5.91 Å². The molecular formula is C15H21N3O3S. The molecule has 2 rings (SSSR count). The Kier molecular flexibility index (Phi) is 5.94. The molecule has 7 heteroatoms. The number of amides is 1. The van der Waals surface area contributed by atoms with Gasteiger partial charge in [-0.1, -0.05) is 37.4 Å². The Bertz CT molecular complexity index is 645. The molecule has 1 atom stereocenters. The average molecular weight is 323 g/mol. The number of nitrogens with one attached hydrogen (secondary N) is 1. The van der Waals surface area contributed by atoms with E-state index in [2.05, 4.69) is 21.9 Å². The van der Waals surface area contributed by atoms with Gasteiger partial charge in [0.1, 0.15) is 6.54 Å². The third kappa shape index (κ3) is 4.30. The molecule has 1 unspecified atom stereocenters. The van der Waals surface area contributed by atoms with Gasteiger partial charge in [-0.2, -0.15) is 0 Å². The number of aromatic nitrogens is 2. The van der Waals surface area contributed by atoms with Gasteiger partial charge < -0.3 is 5.32 Å². The zero-order chi connectivity index (χ0) is 15.9. The lowest BCUT2D eigenvalue weighted by Crippen LogP contribution is -2.36. The molecule has 0 saturated heterocycles. The Labute approximate surface area is 133 Å². The summed E-state index contributed by atoms with van der Waals surface area (Å²) in [6.45, 7) is 4.05. The Hall–Kier alpha value is -1.89. The van der Waals surface area contributed by atoms with Crippen molar-refractivity contribution in [3.05, 3.63) is 28.1 Å². The van der Waals surface area contributed by atoms with Crippen LogP contribution in [0.2, 0.25) is 0 Å². The van der Waals surface area contributed by atoms with Crippen molar-refractivity contribution in [1.29, 1.82) is 0 Å². The molecule has 0 aromatic carbocycles. The highest BCUT2D eigenvalue weighted by Gasteiger charge is 2.17. The first-order valence-electron chi connectivity index (χ1n) is 7.51. The van der Waals surface area contributed by atoms with Gasteiger partial charge in [-0.15, -0.1) is 11.3 Å². The number of nitrogens with zero attached hydrogens (tertiary/aromatic N) is 2. The van der Waals surface area contributed by atoms with Crippen LogP contribution in [-0.2, 0) is 11.3 Å². The first-order valence-corrected chi connectivity index (χ1v) is 8.39. The molecule has 0 bridgehead atoms. The lowest BCUT2D eigenvalue weighted by molar-refractivity contribution is -0.122. The SMILES string of the molecule is CCCCCC(C)NC(=O)Cn1c(-c2cccs2)noc1=O. The van der Waals surface area contributed by atoms with E-state index < -0.39 is 5.76 Å². The van der Waals surface area contributed by atoms with E-state index in [9.17, 15) is 9.59 Å². The average Bonchev–Trinajstić information content (AvgIpc) is 3.10. The predicted octanol–water partition coefficient (Wildman–Crippen LogP) is 2.65. The Morgan fingerprint density at radius 3 is 3.00 bits per heavy atom. The molecule has 2 aromatic rings. The van der Waals surface area contributed by atoms with E-state index in [0.29, 0.717) is 5.82 Å². The molecular weight excluding hydrogens is 302 g/mol. The standard InChI is InChI=1S/C15H21N3O3S/c1-3-4-5-7-11(2)16-13(19)10-18-14(17-21-15(18)20)12-8-6-9-22-12/h6,8-9,11H,3-5,7,10H2,1-2H3,(H,16,19). The molecule has 0 aliphatic rings. The van der Waals surface area contributed by atoms with Crippen molar-refractivity contribution in [2.24, 2.45) is 0 Å². The summed E-state index contributed by atoms with van der Waals surface area (Å²) in [5.41, 5.74) is 0. The summed E-state index contributed by atoms with van der Waals surface area (Å²) >= 11 is 1.44. The van der Waals surface area contributed by atoms with E-state index in [1.165, 1.54) is 15.9 Å². The molecule has 1 N–H and O–H groups in total. The van der Waals surface area contributed by atoms with Gasteiger partial charge in [0.05, 0.1) is 4.88 Å². The maximum atomic E-state index is 12.1. The monoisotopic (exact) mass is 323 g/mol. The molecule has 22 heavy (non-hydrogen) atoms. The fourth-order valence-electron chi connectivity index (χ4n) is 2.23. The first-order chi connectivity index (χ1) is 10.6. The van der Waals surface area contributed by atoms with Crippen LogP contribution in [0.15, 0.2) is 26.8 Å². The Morgan fingerprint density at radius 1 is 1.50 bits per heavy atom. The molecule has 1 amide bonds. The van der Waals surface area contributed by atoms with Gasteiger partial charge in [-0.05, 0) is 24.8 Å². The molecule has 2 aromatic heterocycles. The number of carbonyl (C=O) groups is 1. The minimum absolute atomic E-state index is 0.0757. The van der Waals surface area contributed by atoms with Crippen LogP contribution in [0.5, 0.6) is 0 Å².